The predicted octanol–water partition coefficient (Wildman–Crippen LogP) is 1.62. The Hall–Kier alpha value is -1.76. The number of nitrogens with zero attached hydrogens (tertiary/aromatic N) is 2. The van der Waals surface area contributed by atoms with Gasteiger partial charge in [-0.1, -0.05) is 17.3 Å². The van der Waals surface area contributed by atoms with Crippen molar-refractivity contribution in [2.75, 3.05) is 13.6 Å². The summed E-state index contributed by atoms with van der Waals surface area (Å²) in [4.78, 5) is 1.29. The van der Waals surface area contributed by atoms with E-state index in [0.29, 0.717) is 0 Å². The molecule has 0 saturated heterocycles. The van der Waals surface area contributed by atoms with Crippen molar-refractivity contribution in [2.24, 2.45) is 10.9 Å². The molecule has 0 radical (unpaired) electrons. The fraction of sp³-hybridized carbons (Fsp3) is 0.364. The second kappa shape index (κ2) is 6.25. The van der Waals surface area contributed by atoms with Crippen LogP contribution in [0.5, 0.6) is 0 Å². The van der Waals surface area contributed by atoms with Gasteiger partial charge in [0.1, 0.15) is 5.82 Å². The molecule has 0 heterocycles. The number of oxime groups is 1. The lowest BCUT2D eigenvalue weighted by Gasteiger charge is -2.17. The number of rotatable bonds is 5. The van der Waals surface area contributed by atoms with E-state index in [4.69, 9.17) is 10.9 Å². The summed E-state index contributed by atoms with van der Waals surface area (Å²) >= 11 is 0. The third-order valence-electron chi connectivity index (χ3n) is 2.35. The van der Waals surface area contributed by atoms with Gasteiger partial charge >= 0.3 is 0 Å². The maximum Gasteiger partial charge on any atom is 0.251 e. The SMILES string of the molecule is CN(Cc1cccc(/C(N)=N/O)c1F)CC(F)F. The molecule has 0 bridgehead atoms. The Bertz CT molecular complexity index is 438. The molecule has 0 unspecified atom stereocenters. The molecule has 7 heteroatoms. The van der Waals surface area contributed by atoms with Crippen molar-refractivity contribution in [1.82, 2.24) is 4.90 Å². The summed E-state index contributed by atoms with van der Waals surface area (Å²) in [6.45, 7) is -0.435. The van der Waals surface area contributed by atoms with Crippen molar-refractivity contribution in [3.05, 3.63) is 35.1 Å². The molecule has 0 aliphatic rings. The normalized spacial score (nSPS) is 12.4. The predicted molar refractivity (Wildman–Crippen MR) is 61.2 cm³/mol. The average Bonchev–Trinajstić information content (AvgIpc) is 2.30. The highest BCUT2D eigenvalue weighted by molar-refractivity contribution is 5.97. The summed E-state index contributed by atoms with van der Waals surface area (Å²) in [6.07, 6.45) is -2.48. The molecular weight excluding hydrogens is 247 g/mol. The molecule has 0 fully saturated rings. The first-order valence-corrected chi connectivity index (χ1v) is 5.17. The van der Waals surface area contributed by atoms with Crippen LogP contribution in [0.25, 0.3) is 0 Å². The Morgan fingerprint density at radius 3 is 2.72 bits per heavy atom. The summed E-state index contributed by atoms with van der Waals surface area (Å²) in [5.41, 5.74) is 5.46. The van der Waals surface area contributed by atoms with E-state index in [-0.39, 0.29) is 23.5 Å². The Kier molecular flexibility index (Phi) is 4.96. The molecule has 3 N–H and O–H groups in total. The standard InChI is InChI=1S/C11H14F3N3O/c1-17(6-9(12)13)5-7-3-2-4-8(10(7)14)11(15)16-18/h2-4,9,18H,5-6H2,1H3,(H2,15,16). The van der Waals surface area contributed by atoms with E-state index >= 15 is 0 Å². The van der Waals surface area contributed by atoms with E-state index in [1.807, 2.05) is 0 Å². The zero-order chi connectivity index (χ0) is 13.7. The number of nitrogens with two attached hydrogens (primary N) is 1. The number of amidine groups is 1. The van der Waals surface area contributed by atoms with Crippen LogP contribution in [0, 0.1) is 5.82 Å². The first-order chi connectivity index (χ1) is 8.45. The van der Waals surface area contributed by atoms with Crippen LogP contribution in [-0.4, -0.2) is 36.0 Å². The van der Waals surface area contributed by atoms with Gasteiger partial charge in [-0.05, 0) is 13.1 Å². The molecule has 0 atom stereocenters. The van der Waals surface area contributed by atoms with Crippen molar-refractivity contribution < 1.29 is 18.4 Å². The summed E-state index contributed by atoms with van der Waals surface area (Å²) in [7, 11) is 1.46. The number of benzene rings is 1. The first kappa shape index (κ1) is 14.3. The minimum Gasteiger partial charge on any atom is -0.409 e. The van der Waals surface area contributed by atoms with Gasteiger partial charge in [0.05, 0.1) is 12.1 Å². The minimum absolute atomic E-state index is 0.0166. The fourth-order valence-corrected chi connectivity index (χ4v) is 1.54. The van der Waals surface area contributed by atoms with Crippen LogP contribution in [-0.2, 0) is 6.54 Å². The third-order valence-corrected chi connectivity index (χ3v) is 2.35. The maximum atomic E-state index is 13.9. The van der Waals surface area contributed by atoms with Gasteiger partial charge in [-0.2, -0.15) is 0 Å². The van der Waals surface area contributed by atoms with Crippen molar-refractivity contribution in [2.45, 2.75) is 13.0 Å². The van der Waals surface area contributed by atoms with Crippen molar-refractivity contribution >= 4 is 5.84 Å². The van der Waals surface area contributed by atoms with Crippen molar-refractivity contribution in [3.8, 4) is 0 Å². The van der Waals surface area contributed by atoms with Crippen LogP contribution >= 0.6 is 0 Å². The molecular formula is C11H14F3N3O. The Morgan fingerprint density at radius 2 is 2.17 bits per heavy atom. The third kappa shape index (κ3) is 3.63. The van der Waals surface area contributed by atoms with E-state index < -0.39 is 18.8 Å². The lowest BCUT2D eigenvalue weighted by atomic mass is 10.1. The number of hydrogen-bond acceptors (Lipinski definition) is 3. The van der Waals surface area contributed by atoms with Gasteiger partial charge in [0, 0.05) is 12.1 Å². The number of alkyl halides is 2. The van der Waals surface area contributed by atoms with E-state index in [9.17, 15) is 13.2 Å². The monoisotopic (exact) mass is 261 g/mol. The molecule has 0 spiro atoms. The van der Waals surface area contributed by atoms with Crippen LogP contribution in [0.4, 0.5) is 13.2 Å². The van der Waals surface area contributed by atoms with E-state index in [0.717, 1.165) is 0 Å². The average molecular weight is 261 g/mol. The lowest BCUT2D eigenvalue weighted by Crippen LogP contribution is -2.25. The lowest BCUT2D eigenvalue weighted by molar-refractivity contribution is 0.0970. The molecule has 0 aromatic heterocycles. The van der Waals surface area contributed by atoms with Crippen LogP contribution in [0.1, 0.15) is 11.1 Å². The topological polar surface area (TPSA) is 61.8 Å². The molecule has 0 saturated carbocycles. The second-order valence-corrected chi connectivity index (χ2v) is 3.85. The summed E-state index contributed by atoms with van der Waals surface area (Å²) < 4.78 is 38.2. The Morgan fingerprint density at radius 1 is 1.50 bits per heavy atom. The molecule has 4 nitrogen and oxygen atoms in total. The molecule has 18 heavy (non-hydrogen) atoms. The van der Waals surface area contributed by atoms with Crippen LogP contribution in [0.15, 0.2) is 23.4 Å². The van der Waals surface area contributed by atoms with Crippen LogP contribution in [0.2, 0.25) is 0 Å². The second-order valence-electron chi connectivity index (χ2n) is 3.85. The highest BCUT2D eigenvalue weighted by Crippen LogP contribution is 2.15. The van der Waals surface area contributed by atoms with Gasteiger partial charge in [0.25, 0.3) is 6.43 Å². The fourth-order valence-electron chi connectivity index (χ4n) is 1.54. The minimum atomic E-state index is -2.48. The smallest absolute Gasteiger partial charge is 0.251 e. The summed E-state index contributed by atoms with van der Waals surface area (Å²) in [5, 5.41) is 11.2. The molecule has 0 aliphatic carbocycles. The zero-order valence-corrected chi connectivity index (χ0v) is 9.78. The quantitative estimate of drug-likeness (QED) is 0.366. The first-order valence-electron chi connectivity index (χ1n) is 5.17. The summed E-state index contributed by atoms with van der Waals surface area (Å²) in [5.74, 6) is -1.03. The highest BCUT2D eigenvalue weighted by Gasteiger charge is 2.14. The Balaban J connectivity index is 2.91. The van der Waals surface area contributed by atoms with E-state index in [1.54, 1.807) is 0 Å². The zero-order valence-electron chi connectivity index (χ0n) is 9.78. The van der Waals surface area contributed by atoms with Gasteiger partial charge in [-0.3, -0.25) is 4.90 Å². The molecule has 1 rings (SSSR count). The van der Waals surface area contributed by atoms with E-state index in [2.05, 4.69) is 5.16 Å². The number of hydrogen-bond donors (Lipinski definition) is 2. The van der Waals surface area contributed by atoms with Gasteiger partial charge < -0.3 is 10.9 Å². The van der Waals surface area contributed by atoms with E-state index in [1.165, 1.54) is 30.1 Å². The highest BCUT2D eigenvalue weighted by atomic mass is 19.3. The van der Waals surface area contributed by atoms with Gasteiger partial charge in [-0.25, -0.2) is 13.2 Å². The van der Waals surface area contributed by atoms with Gasteiger partial charge in [-0.15, -0.1) is 0 Å². The molecule has 0 aliphatic heterocycles. The largest absolute Gasteiger partial charge is 0.409 e. The summed E-state index contributed by atoms with van der Waals surface area (Å²) in [6, 6.07) is 4.33. The van der Waals surface area contributed by atoms with Crippen molar-refractivity contribution in [3.63, 3.8) is 0 Å². The molecule has 100 valence electrons. The molecule has 0 amide bonds. The van der Waals surface area contributed by atoms with Crippen LogP contribution in [0.3, 0.4) is 0 Å². The van der Waals surface area contributed by atoms with Gasteiger partial charge in [0.2, 0.25) is 0 Å². The molecule has 1 aromatic rings. The Labute approximate surface area is 102 Å². The van der Waals surface area contributed by atoms with Crippen molar-refractivity contribution in [1.29, 1.82) is 0 Å². The van der Waals surface area contributed by atoms with Gasteiger partial charge in [0.15, 0.2) is 5.84 Å². The molecule has 1 aromatic carbocycles. The maximum absolute atomic E-state index is 13.9. The van der Waals surface area contributed by atoms with Crippen LogP contribution < -0.4 is 5.73 Å². The number of halogens is 3.